The molecular weight excluding hydrogens is 356 g/mol. The summed E-state index contributed by atoms with van der Waals surface area (Å²) in [6.45, 7) is 1.53. The van der Waals surface area contributed by atoms with Gasteiger partial charge in [0.15, 0.2) is 5.65 Å². The Hall–Kier alpha value is -3.60. The number of carbonyl (C=O) groups is 1. The first kappa shape index (κ1) is 17.8. The summed E-state index contributed by atoms with van der Waals surface area (Å²) in [5, 5.41) is 24.0. The van der Waals surface area contributed by atoms with Gasteiger partial charge >= 0.3 is 6.09 Å². The molecule has 0 spiro atoms. The van der Waals surface area contributed by atoms with E-state index in [1.807, 2.05) is 36.4 Å². The summed E-state index contributed by atoms with van der Waals surface area (Å²) in [5.74, 6) is 0.156. The smallest absolute Gasteiger partial charge is 0.411 e. The minimum Gasteiger partial charge on any atom is -0.465 e. The molecule has 2 aliphatic rings. The highest BCUT2D eigenvalue weighted by Gasteiger charge is 2.26. The number of benzene rings is 1. The predicted octanol–water partition coefficient (Wildman–Crippen LogP) is 3.62. The SMILES string of the molecule is C1CC1.N#CC1CN(c2ccc(-c3cccc4nc(NC(=O)O)nn34)cc2)C1. The molecule has 2 aromatic heterocycles. The normalized spacial score (nSPS) is 15.2. The van der Waals surface area contributed by atoms with Gasteiger partial charge in [-0.1, -0.05) is 37.5 Å². The minimum atomic E-state index is -1.20. The number of amides is 1. The van der Waals surface area contributed by atoms with Gasteiger partial charge in [-0.2, -0.15) is 10.2 Å². The number of anilines is 2. The molecule has 8 nitrogen and oxygen atoms in total. The number of aromatic nitrogens is 3. The Balaban J connectivity index is 0.000000586. The number of hydrogen-bond donors (Lipinski definition) is 2. The van der Waals surface area contributed by atoms with Gasteiger partial charge in [0.2, 0.25) is 0 Å². The van der Waals surface area contributed by atoms with E-state index in [-0.39, 0.29) is 11.9 Å². The van der Waals surface area contributed by atoms with Crippen LogP contribution >= 0.6 is 0 Å². The molecule has 142 valence electrons. The van der Waals surface area contributed by atoms with Crippen molar-refractivity contribution in [3.8, 4) is 17.3 Å². The van der Waals surface area contributed by atoms with Gasteiger partial charge in [-0.05, 0) is 24.3 Å². The van der Waals surface area contributed by atoms with E-state index in [0.29, 0.717) is 5.65 Å². The Morgan fingerprint density at radius 3 is 2.46 bits per heavy atom. The van der Waals surface area contributed by atoms with Crippen LogP contribution in [-0.4, -0.2) is 38.9 Å². The van der Waals surface area contributed by atoms with E-state index < -0.39 is 6.09 Å². The largest absolute Gasteiger partial charge is 0.465 e. The van der Waals surface area contributed by atoms with E-state index in [1.165, 1.54) is 19.3 Å². The third-order valence-corrected chi connectivity index (χ3v) is 4.52. The first-order valence-corrected chi connectivity index (χ1v) is 9.25. The molecule has 28 heavy (non-hydrogen) atoms. The van der Waals surface area contributed by atoms with Gasteiger partial charge in [-0.3, -0.25) is 5.32 Å². The fourth-order valence-electron chi connectivity index (χ4n) is 2.89. The van der Waals surface area contributed by atoms with E-state index in [0.717, 1.165) is 30.0 Å². The molecule has 2 N–H and O–H groups in total. The fraction of sp³-hybridized carbons (Fsp3) is 0.300. The van der Waals surface area contributed by atoms with Crippen molar-refractivity contribution in [1.82, 2.24) is 14.6 Å². The molecule has 1 aliphatic carbocycles. The van der Waals surface area contributed by atoms with Crippen LogP contribution in [0.4, 0.5) is 16.4 Å². The molecule has 2 fully saturated rings. The van der Waals surface area contributed by atoms with Gasteiger partial charge in [0.1, 0.15) is 0 Å². The summed E-state index contributed by atoms with van der Waals surface area (Å²) in [4.78, 5) is 17.1. The second-order valence-corrected chi connectivity index (χ2v) is 6.89. The lowest BCUT2D eigenvalue weighted by atomic mass is 10.0. The van der Waals surface area contributed by atoms with E-state index in [2.05, 4.69) is 26.4 Å². The van der Waals surface area contributed by atoms with Crippen molar-refractivity contribution in [2.24, 2.45) is 5.92 Å². The van der Waals surface area contributed by atoms with Crippen LogP contribution in [0.15, 0.2) is 42.5 Å². The molecule has 0 bridgehead atoms. The molecule has 3 aromatic rings. The van der Waals surface area contributed by atoms with Crippen molar-refractivity contribution >= 4 is 23.4 Å². The van der Waals surface area contributed by atoms with Crippen LogP contribution in [0.25, 0.3) is 16.9 Å². The highest BCUT2D eigenvalue weighted by molar-refractivity contribution is 5.80. The van der Waals surface area contributed by atoms with Crippen molar-refractivity contribution in [2.75, 3.05) is 23.3 Å². The molecule has 0 unspecified atom stereocenters. The molecule has 0 atom stereocenters. The number of rotatable bonds is 3. The standard InChI is InChI=1S/C17H14N6O2.C3H6/c18-8-11-9-22(10-11)13-6-4-12(5-7-13)14-2-1-3-15-19-16(20-17(24)25)21-23(14)15;1-2-3-1/h1-7,11H,9-10H2,(H,20,21)(H,24,25);1-3H2. The Bertz CT molecular complexity index is 1030. The molecule has 1 amide bonds. The average Bonchev–Trinajstić information content (AvgIpc) is 3.47. The van der Waals surface area contributed by atoms with Crippen LogP contribution in [0, 0.1) is 17.2 Å². The number of nitrogens with zero attached hydrogens (tertiary/aromatic N) is 5. The monoisotopic (exact) mass is 376 g/mol. The molecule has 5 rings (SSSR count). The second-order valence-electron chi connectivity index (χ2n) is 6.89. The third kappa shape index (κ3) is 3.88. The van der Waals surface area contributed by atoms with Crippen molar-refractivity contribution in [3.05, 3.63) is 42.5 Å². The van der Waals surface area contributed by atoms with Crippen LogP contribution < -0.4 is 10.2 Å². The molecule has 1 saturated heterocycles. The molecular formula is C20H20N6O2. The zero-order valence-electron chi connectivity index (χ0n) is 15.2. The van der Waals surface area contributed by atoms with Crippen molar-refractivity contribution in [1.29, 1.82) is 5.26 Å². The lowest BCUT2D eigenvalue weighted by molar-refractivity contribution is 0.209. The topological polar surface area (TPSA) is 107 Å². The van der Waals surface area contributed by atoms with Crippen LogP contribution in [0.5, 0.6) is 0 Å². The summed E-state index contributed by atoms with van der Waals surface area (Å²) in [5.41, 5.74) is 3.39. The van der Waals surface area contributed by atoms with Gasteiger partial charge < -0.3 is 10.0 Å². The summed E-state index contributed by atoms with van der Waals surface area (Å²) < 4.78 is 1.61. The Labute approximate surface area is 162 Å². The minimum absolute atomic E-state index is 0.0414. The zero-order chi connectivity index (χ0) is 19.5. The first-order chi connectivity index (χ1) is 13.6. The summed E-state index contributed by atoms with van der Waals surface area (Å²) in [6.07, 6.45) is 3.30. The van der Waals surface area contributed by atoms with Gasteiger partial charge in [0.05, 0.1) is 17.7 Å². The van der Waals surface area contributed by atoms with Gasteiger partial charge in [0.25, 0.3) is 5.95 Å². The van der Waals surface area contributed by atoms with Crippen LogP contribution in [0.1, 0.15) is 19.3 Å². The lowest BCUT2D eigenvalue weighted by Gasteiger charge is -2.37. The maximum Gasteiger partial charge on any atom is 0.411 e. The fourth-order valence-corrected chi connectivity index (χ4v) is 2.89. The van der Waals surface area contributed by atoms with Crippen LogP contribution in [0.3, 0.4) is 0 Å². The summed E-state index contributed by atoms with van der Waals surface area (Å²) in [6, 6.07) is 15.8. The lowest BCUT2D eigenvalue weighted by Crippen LogP contribution is -2.45. The number of hydrogen-bond acceptors (Lipinski definition) is 5. The first-order valence-electron chi connectivity index (χ1n) is 9.25. The highest BCUT2D eigenvalue weighted by Crippen LogP contribution is 2.28. The Morgan fingerprint density at radius 1 is 1.14 bits per heavy atom. The van der Waals surface area contributed by atoms with E-state index in [9.17, 15) is 4.79 Å². The maximum atomic E-state index is 10.8. The molecule has 1 aromatic carbocycles. The Morgan fingerprint density at radius 2 is 1.86 bits per heavy atom. The number of carboxylic acid groups (broad SMARTS) is 1. The third-order valence-electron chi connectivity index (χ3n) is 4.52. The maximum absolute atomic E-state index is 10.8. The molecule has 3 heterocycles. The van der Waals surface area contributed by atoms with Crippen molar-refractivity contribution in [2.45, 2.75) is 19.3 Å². The van der Waals surface area contributed by atoms with Gasteiger partial charge in [0, 0.05) is 24.3 Å². The second kappa shape index (κ2) is 7.56. The number of nitrogens with one attached hydrogen (secondary N) is 1. The van der Waals surface area contributed by atoms with E-state index in [1.54, 1.807) is 10.6 Å². The van der Waals surface area contributed by atoms with E-state index in [4.69, 9.17) is 10.4 Å². The molecule has 0 radical (unpaired) electrons. The molecule has 1 aliphatic heterocycles. The summed E-state index contributed by atoms with van der Waals surface area (Å²) in [7, 11) is 0. The number of nitriles is 1. The zero-order valence-corrected chi connectivity index (χ0v) is 15.2. The average molecular weight is 376 g/mol. The van der Waals surface area contributed by atoms with Crippen LogP contribution in [-0.2, 0) is 0 Å². The number of pyridine rings is 1. The van der Waals surface area contributed by atoms with Gasteiger partial charge in [-0.15, -0.1) is 5.10 Å². The highest BCUT2D eigenvalue weighted by atomic mass is 16.4. The number of fused-ring (bicyclic) bond motifs is 1. The molecule has 8 heteroatoms. The Kier molecular flexibility index (Phi) is 4.81. The van der Waals surface area contributed by atoms with Gasteiger partial charge in [-0.25, -0.2) is 9.31 Å². The van der Waals surface area contributed by atoms with Crippen molar-refractivity contribution in [3.63, 3.8) is 0 Å². The summed E-state index contributed by atoms with van der Waals surface area (Å²) >= 11 is 0. The van der Waals surface area contributed by atoms with Crippen LogP contribution in [0.2, 0.25) is 0 Å². The van der Waals surface area contributed by atoms with E-state index >= 15 is 0 Å². The molecule has 1 saturated carbocycles. The quantitative estimate of drug-likeness (QED) is 0.723. The van der Waals surface area contributed by atoms with Crippen molar-refractivity contribution < 1.29 is 9.90 Å². The predicted molar refractivity (Wildman–Crippen MR) is 105 cm³/mol.